The van der Waals surface area contributed by atoms with Crippen LogP contribution in [-0.2, 0) is 0 Å². The zero-order chi connectivity index (χ0) is 17.6. The van der Waals surface area contributed by atoms with Crippen LogP contribution >= 0.6 is 0 Å². The number of rotatable bonds is 14. The summed E-state index contributed by atoms with van der Waals surface area (Å²) in [7, 11) is 0. The summed E-state index contributed by atoms with van der Waals surface area (Å²) in [5, 5.41) is 0. The Morgan fingerprint density at radius 2 is 0.833 bits per heavy atom. The predicted molar refractivity (Wildman–Crippen MR) is 104 cm³/mol. The first-order valence-electron chi connectivity index (χ1n) is 10.1. The highest BCUT2D eigenvalue weighted by atomic mass is 15.2. The van der Waals surface area contributed by atoms with E-state index >= 15 is 0 Å². The highest BCUT2D eigenvalue weighted by Crippen LogP contribution is 2.28. The first-order valence-corrected chi connectivity index (χ1v) is 10.1. The minimum atomic E-state index is 0.632. The number of hydrogen-bond donors (Lipinski definition) is 4. The summed E-state index contributed by atoms with van der Waals surface area (Å²) < 4.78 is 0. The lowest BCUT2D eigenvalue weighted by Crippen LogP contribution is -2.55. The molecule has 0 bridgehead atoms. The van der Waals surface area contributed by atoms with E-state index in [1.807, 2.05) is 0 Å². The van der Waals surface area contributed by atoms with E-state index in [9.17, 15) is 0 Å². The van der Waals surface area contributed by atoms with Crippen LogP contribution in [0, 0.1) is 0 Å². The lowest BCUT2D eigenvalue weighted by Gasteiger charge is -2.45. The fourth-order valence-corrected chi connectivity index (χ4v) is 4.01. The molecule has 1 rings (SSSR count). The van der Waals surface area contributed by atoms with Crippen LogP contribution in [0.5, 0.6) is 0 Å². The molecule has 1 saturated carbocycles. The van der Waals surface area contributed by atoms with Crippen LogP contribution in [-0.4, -0.2) is 74.2 Å². The second kappa shape index (κ2) is 14.0. The molecule has 144 valence electrons. The van der Waals surface area contributed by atoms with Crippen LogP contribution in [0.1, 0.15) is 51.4 Å². The Balaban J connectivity index is 2.78. The highest BCUT2D eigenvalue weighted by molar-refractivity contribution is 4.90. The van der Waals surface area contributed by atoms with Crippen LogP contribution in [0.15, 0.2) is 0 Å². The second-order valence-electron chi connectivity index (χ2n) is 7.06. The summed E-state index contributed by atoms with van der Waals surface area (Å²) in [5.41, 5.74) is 23.1. The van der Waals surface area contributed by atoms with E-state index in [-0.39, 0.29) is 0 Å². The maximum atomic E-state index is 5.77. The second-order valence-corrected chi connectivity index (χ2v) is 7.06. The molecule has 6 nitrogen and oxygen atoms in total. The average molecular weight is 343 g/mol. The van der Waals surface area contributed by atoms with Crippen LogP contribution in [0.25, 0.3) is 0 Å². The quantitative estimate of drug-likeness (QED) is 0.361. The number of nitrogens with zero attached hydrogens (tertiary/aromatic N) is 2. The maximum Gasteiger partial charge on any atom is 0.0251 e. The van der Waals surface area contributed by atoms with Crippen molar-refractivity contribution in [2.75, 3.05) is 52.4 Å². The van der Waals surface area contributed by atoms with Gasteiger partial charge in [-0.15, -0.1) is 0 Å². The third-order valence-corrected chi connectivity index (χ3v) is 5.23. The Bertz CT molecular complexity index is 245. The summed E-state index contributed by atoms with van der Waals surface area (Å²) in [6, 6.07) is 1.26. The van der Waals surface area contributed by atoms with Crippen molar-refractivity contribution in [2.45, 2.75) is 63.5 Å². The molecule has 0 aliphatic heterocycles. The lowest BCUT2D eigenvalue weighted by atomic mass is 9.87. The molecule has 2 unspecified atom stereocenters. The van der Waals surface area contributed by atoms with Crippen molar-refractivity contribution in [2.24, 2.45) is 22.9 Å². The Morgan fingerprint density at radius 3 is 1.08 bits per heavy atom. The molecule has 2 atom stereocenters. The number of nitrogens with two attached hydrogens (primary N) is 4. The van der Waals surface area contributed by atoms with Gasteiger partial charge in [-0.25, -0.2) is 0 Å². The van der Waals surface area contributed by atoms with E-state index in [0.29, 0.717) is 12.1 Å². The van der Waals surface area contributed by atoms with Crippen LogP contribution in [0.2, 0.25) is 0 Å². The van der Waals surface area contributed by atoms with Crippen molar-refractivity contribution in [3.05, 3.63) is 0 Å². The topological polar surface area (TPSA) is 111 Å². The van der Waals surface area contributed by atoms with Gasteiger partial charge in [0.25, 0.3) is 0 Å². The van der Waals surface area contributed by atoms with Crippen molar-refractivity contribution in [1.82, 2.24) is 9.80 Å². The molecular weight excluding hydrogens is 300 g/mol. The van der Waals surface area contributed by atoms with Gasteiger partial charge < -0.3 is 22.9 Å². The van der Waals surface area contributed by atoms with Crippen molar-refractivity contribution < 1.29 is 0 Å². The molecule has 0 amide bonds. The van der Waals surface area contributed by atoms with Gasteiger partial charge in [0, 0.05) is 12.1 Å². The average Bonchev–Trinajstić information content (AvgIpc) is 2.62. The summed E-state index contributed by atoms with van der Waals surface area (Å²) in [6.07, 6.45) is 9.54. The molecule has 0 aromatic heterocycles. The Hall–Kier alpha value is -0.240. The van der Waals surface area contributed by atoms with E-state index < -0.39 is 0 Å². The molecule has 24 heavy (non-hydrogen) atoms. The van der Waals surface area contributed by atoms with Gasteiger partial charge in [-0.05, 0) is 90.9 Å². The summed E-state index contributed by atoms with van der Waals surface area (Å²) in [5.74, 6) is 0. The smallest absolute Gasteiger partial charge is 0.0251 e. The van der Waals surface area contributed by atoms with E-state index in [4.69, 9.17) is 22.9 Å². The predicted octanol–water partition coefficient (Wildman–Crippen LogP) is 0.297. The van der Waals surface area contributed by atoms with Gasteiger partial charge in [0.2, 0.25) is 0 Å². The molecule has 1 aliphatic carbocycles. The first kappa shape index (κ1) is 21.8. The monoisotopic (exact) mass is 342 g/mol. The zero-order valence-electron chi connectivity index (χ0n) is 15.7. The summed E-state index contributed by atoms with van der Waals surface area (Å²) in [6.45, 7) is 7.44. The molecule has 1 fully saturated rings. The van der Waals surface area contributed by atoms with Crippen LogP contribution in [0.4, 0.5) is 0 Å². The molecule has 8 N–H and O–H groups in total. The van der Waals surface area contributed by atoms with Gasteiger partial charge in [-0.3, -0.25) is 9.80 Å². The van der Waals surface area contributed by atoms with Gasteiger partial charge in [-0.2, -0.15) is 0 Å². The fraction of sp³-hybridized carbons (Fsp3) is 1.00. The molecule has 0 heterocycles. The third-order valence-electron chi connectivity index (χ3n) is 5.23. The molecule has 1 aliphatic rings. The molecular formula is C18H42N6. The van der Waals surface area contributed by atoms with Crippen molar-refractivity contribution in [1.29, 1.82) is 0 Å². The van der Waals surface area contributed by atoms with Gasteiger partial charge in [0.15, 0.2) is 0 Å². The molecule has 0 aromatic rings. The van der Waals surface area contributed by atoms with E-state index in [2.05, 4.69) is 9.80 Å². The minimum absolute atomic E-state index is 0.632. The largest absolute Gasteiger partial charge is 0.330 e. The van der Waals surface area contributed by atoms with E-state index in [0.717, 1.165) is 78.0 Å². The fourth-order valence-electron chi connectivity index (χ4n) is 4.01. The van der Waals surface area contributed by atoms with Gasteiger partial charge in [-0.1, -0.05) is 12.8 Å². The molecule has 0 radical (unpaired) electrons. The Labute approximate surface area is 149 Å². The SMILES string of the molecule is NCCCN(CCCN)C1CCCCC1N(CCCN)CCCN. The molecule has 6 heteroatoms. The molecule has 0 spiro atoms. The standard InChI is InChI=1S/C18H42N6/c19-9-3-13-23(14-4-10-20)17-7-1-2-8-18(17)24(15-5-11-21)16-6-12-22/h17-18H,1-16,19-22H2. The first-order chi connectivity index (χ1) is 11.8. The zero-order valence-corrected chi connectivity index (χ0v) is 15.7. The van der Waals surface area contributed by atoms with Gasteiger partial charge in [0.05, 0.1) is 0 Å². The van der Waals surface area contributed by atoms with Crippen molar-refractivity contribution in [3.63, 3.8) is 0 Å². The van der Waals surface area contributed by atoms with E-state index in [1.165, 1.54) is 25.7 Å². The lowest BCUT2D eigenvalue weighted by molar-refractivity contribution is 0.0457. The minimum Gasteiger partial charge on any atom is -0.330 e. The van der Waals surface area contributed by atoms with Crippen molar-refractivity contribution >= 4 is 0 Å². The van der Waals surface area contributed by atoms with Crippen molar-refractivity contribution in [3.8, 4) is 0 Å². The highest BCUT2D eigenvalue weighted by Gasteiger charge is 2.33. The Morgan fingerprint density at radius 1 is 0.542 bits per heavy atom. The third kappa shape index (κ3) is 7.76. The number of hydrogen-bond acceptors (Lipinski definition) is 6. The van der Waals surface area contributed by atoms with E-state index in [1.54, 1.807) is 0 Å². The van der Waals surface area contributed by atoms with Gasteiger partial charge >= 0.3 is 0 Å². The normalized spacial score (nSPS) is 21.8. The van der Waals surface area contributed by atoms with Crippen LogP contribution in [0.3, 0.4) is 0 Å². The maximum absolute atomic E-state index is 5.77. The summed E-state index contributed by atoms with van der Waals surface area (Å²) in [4.78, 5) is 5.34. The molecule has 0 saturated heterocycles. The Kier molecular flexibility index (Phi) is 12.7. The summed E-state index contributed by atoms with van der Waals surface area (Å²) >= 11 is 0. The van der Waals surface area contributed by atoms with Crippen LogP contribution < -0.4 is 22.9 Å². The molecule has 0 aromatic carbocycles. The van der Waals surface area contributed by atoms with Gasteiger partial charge in [0.1, 0.15) is 0 Å².